The third-order valence-electron chi connectivity index (χ3n) is 4.33. The van der Waals surface area contributed by atoms with E-state index < -0.39 is 0 Å². The highest BCUT2D eigenvalue weighted by Gasteiger charge is 2.11. The van der Waals surface area contributed by atoms with Crippen molar-refractivity contribution in [1.29, 1.82) is 0 Å². The van der Waals surface area contributed by atoms with Crippen LogP contribution >= 0.6 is 0 Å². The Labute approximate surface area is 127 Å². The molecule has 1 fully saturated rings. The number of fused-ring (bicyclic) bond motifs is 1. The molecule has 1 aliphatic carbocycles. The number of morpholine rings is 1. The van der Waals surface area contributed by atoms with Gasteiger partial charge in [-0.25, -0.2) is 0 Å². The van der Waals surface area contributed by atoms with Gasteiger partial charge in [-0.3, -0.25) is 4.90 Å². The molecule has 21 heavy (non-hydrogen) atoms. The molecule has 1 aromatic carbocycles. The summed E-state index contributed by atoms with van der Waals surface area (Å²) < 4.78 is 11.2. The van der Waals surface area contributed by atoms with Crippen LogP contribution in [0.2, 0.25) is 0 Å². The zero-order chi connectivity index (χ0) is 14.3. The zero-order valence-electron chi connectivity index (χ0n) is 12.8. The molecule has 0 saturated carbocycles. The Bertz CT molecular complexity index is 444. The maximum absolute atomic E-state index is 5.83. The summed E-state index contributed by atoms with van der Waals surface area (Å²) in [5.74, 6) is 1.02. The second-order valence-electron chi connectivity index (χ2n) is 5.84. The first-order valence-corrected chi connectivity index (χ1v) is 8.17. The van der Waals surface area contributed by atoms with E-state index in [4.69, 9.17) is 9.47 Å². The van der Waals surface area contributed by atoms with E-state index in [9.17, 15) is 0 Å². The molecule has 0 bridgehead atoms. The largest absolute Gasteiger partial charge is 0.492 e. The SMILES string of the molecule is c1cc2c(cc1OCCNCCN1CCOCC1)CCC2. The van der Waals surface area contributed by atoms with Crippen LogP contribution in [0.5, 0.6) is 5.75 Å². The van der Waals surface area contributed by atoms with Crippen LogP contribution in [0.15, 0.2) is 18.2 Å². The number of hydrogen-bond donors (Lipinski definition) is 1. The van der Waals surface area contributed by atoms with Crippen molar-refractivity contribution < 1.29 is 9.47 Å². The second kappa shape index (κ2) is 7.78. The van der Waals surface area contributed by atoms with Crippen molar-refractivity contribution in [1.82, 2.24) is 10.2 Å². The fourth-order valence-corrected chi connectivity index (χ4v) is 3.07. The fraction of sp³-hybridized carbons (Fsp3) is 0.647. The fourth-order valence-electron chi connectivity index (χ4n) is 3.07. The van der Waals surface area contributed by atoms with E-state index in [0.29, 0.717) is 0 Å². The van der Waals surface area contributed by atoms with Crippen LogP contribution in [0.1, 0.15) is 17.5 Å². The number of benzene rings is 1. The maximum atomic E-state index is 5.83. The molecule has 0 unspecified atom stereocenters. The van der Waals surface area contributed by atoms with E-state index >= 15 is 0 Å². The Kier molecular flexibility index (Phi) is 5.49. The molecule has 0 aromatic heterocycles. The molecule has 116 valence electrons. The summed E-state index contributed by atoms with van der Waals surface area (Å²) in [5, 5.41) is 3.45. The van der Waals surface area contributed by atoms with Crippen LogP contribution in [0.4, 0.5) is 0 Å². The first-order valence-electron chi connectivity index (χ1n) is 8.17. The van der Waals surface area contributed by atoms with E-state index in [0.717, 1.165) is 58.3 Å². The molecule has 0 radical (unpaired) electrons. The lowest BCUT2D eigenvalue weighted by Gasteiger charge is -2.26. The topological polar surface area (TPSA) is 33.7 Å². The summed E-state index contributed by atoms with van der Waals surface area (Å²) in [6.45, 7) is 7.64. The highest BCUT2D eigenvalue weighted by atomic mass is 16.5. The van der Waals surface area contributed by atoms with Gasteiger partial charge >= 0.3 is 0 Å². The van der Waals surface area contributed by atoms with E-state index in [1.807, 2.05) is 0 Å². The smallest absolute Gasteiger partial charge is 0.119 e. The number of rotatable bonds is 7. The lowest BCUT2D eigenvalue weighted by molar-refractivity contribution is 0.0383. The number of ether oxygens (including phenoxy) is 2. The standard InChI is InChI=1S/C17H26N2O2/c1-2-15-4-5-17(14-16(15)3-1)21-11-7-18-6-8-19-9-12-20-13-10-19/h4-5,14,18H,1-3,6-13H2. The van der Waals surface area contributed by atoms with Gasteiger partial charge in [-0.2, -0.15) is 0 Å². The number of hydrogen-bond acceptors (Lipinski definition) is 4. The number of nitrogens with zero attached hydrogens (tertiary/aromatic N) is 1. The number of aryl methyl sites for hydroxylation is 2. The molecule has 1 aliphatic heterocycles. The molecule has 1 heterocycles. The zero-order valence-corrected chi connectivity index (χ0v) is 12.8. The van der Waals surface area contributed by atoms with Gasteiger partial charge in [0.2, 0.25) is 0 Å². The van der Waals surface area contributed by atoms with Gasteiger partial charge in [-0.1, -0.05) is 6.07 Å². The highest BCUT2D eigenvalue weighted by molar-refractivity contribution is 5.38. The first-order chi connectivity index (χ1) is 10.4. The van der Waals surface area contributed by atoms with Crippen molar-refractivity contribution in [2.75, 3.05) is 52.5 Å². The minimum absolute atomic E-state index is 0.738. The third-order valence-corrected chi connectivity index (χ3v) is 4.33. The summed E-state index contributed by atoms with van der Waals surface area (Å²) in [4.78, 5) is 2.44. The Morgan fingerprint density at radius 3 is 2.86 bits per heavy atom. The van der Waals surface area contributed by atoms with E-state index in [2.05, 4.69) is 28.4 Å². The van der Waals surface area contributed by atoms with Gasteiger partial charge in [0.25, 0.3) is 0 Å². The molecular formula is C17H26N2O2. The lowest BCUT2D eigenvalue weighted by atomic mass is 10.1. The van der Waals surface area contributed by atoms with Crippen LogP contribution < -0.4 is 10.1 Å². The minimum atomic E-state index is 0.738. The second-order valence-corrected chi connectivity index (χ2v) is 5.84. The molecule has 1 N–H and O–H groups in total. The first kappa shape index (κ1) is 14.8. The molecule has 3 rings (SSSR count). The van der Waals surface area contributed by atoms with Gasteiger partial charge < -0.3 is 14.8 Å². The van der Waals surface area contributed by atoms with Gasteiger partial charge in [0.15, 0.2) is 0 Å². The van der Waals surface area contributed by atoms with Gasteiger partial charge in [0.1, 0.15) is 12.4 Å². The normalized spacial score (nSPS) is 18.7. The van der Waals surface area contributed by atoms with Crippen LogP contribution in [0.3, 0.4) is 0 Å². The molecule has 0 spiro atoms. The summed E-state index contributed by atoms with van der Waals surface area (Å²) in [6.07, 6.45) is 3.74. The van der Waals surface area contributed by atoms with Crippen LogP contribution in [-0.4, -0.2) is 57.4 Å². The maximum Gasteiger partial charge on any atom is 0.119 e. The molecule has 1 aromatic rings. The molecular weight excluding hydrogens is 264 g/mol. The summed E-state index contributed by atoms with van der Waals surface area (Å²) >= 11 is 0. The third kappa shape index (κ3) is 4.43. The molecule has 2 aliphatic rings. The molecule has 4 nitrogen and oxygen atoms in total. The van der Waals surface area contributed by atoms with Gasteiger partial charge in [0, 0.05) is 32.7 Å². The molecule has 0 atom stereocenters. The van der Waals surface area contributed by atoms with E-state index in [-0.39, 0.29) is 0 Å². The van der Waals surface area contributed by atoms with E-state index in [1.54, 1.807) is 0 Å². The molecule has 4 heteroatoms. The van der Waals surface area contributed by atoms with Crippen molar-refractivity contribution in [3.63, 3.8) is 0 Å². The Morgan fingerprint density at radius 2 is 1.95 bits per heavy atom. The Balaban J connectivity index is 1.28. The average molecular weight is 290 g/mol. The van der Waals surface area contributed by atoms with Crippen molar-refractivity contribution in [3.8, 4) is 5.75 Å². The predicted molar refractivity (Wildman–Crippen MR) is 84.1 cm³/mol. The summed E-state index contributed by atoms with van der Waals surface area (Å²) in [7, 11) is 0. The average Bonchev–Trinajstić information content (AvgIpc) is 2.99. The Hall–Kier alpha value is -1.10. The molecule has 1 saturated heterocycles. The van der Waals surface area contributed by atoms with Gasteiger partial charge in [-0.15, -0.1) is 0 Å². The number of nitrogens with one attached hydrogen (secondary N) is 1. The quantitative estimate of drug-likeness (QED) is 0.771. The Morgan fingerprint density at radius 1 is 1.10 bits per heavy atom. The minimum Gasteiger partial charge on any atom is -0.492 e. The van der Waals surface area contributed by atoms with Crippen LogP contribution in [0.25, 0.3) is 0 Å². The van der Waals surface area contributed by atoms with Gasteiger partial charge in [0.05, 0.1) is 13.2 Å². The van der Waals surface area contributed by atoms with Crippen LogP contribution in [-0.2, 0) is 17.6 Å². The highest BCUT2D eigenvalue weighted by Crippen LogP contribution is 2.25. The van der Waals surface area contributed by atoms with Crippen molar-refractivity contribution in [3.05, 3.63) is 29.3 Å². The van der Waals surface area contributed by atoms with Crippen molar-refractivity contribution >= 4 is 0 Å². The summed E-state index contributed by atoms with van der Waals surface area (Å²) in [6, 6.07) is 6.55. The predicted octanol–water partition coefficient (Wildman–Crippen LogP) is 1.48. The molecule has 0 amide bonds. The van der Waals surface area contributed by atoms with E-state index in [1.165, 1.54) is 30.4 Å². The van der Waals surface area contributed by atoms with Crippen molar-refractivity contribution in [2.45, 2.75) is 19.3 Å². The monoisotopic (exact) mass is 290 g/mol. The lowest BCUT2D eigenvalue weighted by Crippen LogP contribution is -2.40. The van der Waals surface area contributed by atoms with Crippen LogP contribution in [0, 0.1) is 0 Å². The van der Waals surface area contributed by atoms with Crippen molar-refractivity contribution in [2.24, 2.45) is 0 Å². The van der Waals surface area contributed by atoms with Gasteiger partial charge in [-0.05, 0) is 42.5 Å². The summed E-state index contributed by atoms with van der Waals surface area (Å²) in [5.41, 5.74) is 2.98.